The maximum atomic E-state index is 5.25. The van der Waals surface area contributed by atoms with Crippen molar-refractivity contribution in [3.8, 4) is 0 Å². The summed E-state index contributed by atoms with van der Waals surface area (Å²) in [6, 6.07) is 0. The molecule has 0 bridgehead atoms. The number of nitrogens with two attached hydrogens (primary N) is 4. The van der Waals surface area contributed by atoms with Crippen molar-refractivity contribution in [2.75, 3.05) is 0 Å². The Morgan fingerprint density at radius 3 is 0.933 bits per heavy atom. The molecule has 0 aromatic heterocycles. The highest BCUT2D eigenvalue weighted by Crippen LogP contribution is 1.93. The van der Waals surface area contributed by atoms with Gasteiger partial charge < -0.3 is 27.7 Å². The third-order valence-corrected chi connectivity index (χ3v) is 0.544. The minimum Gasteiger partial charge on any atom is -0.377 e. The van der Waals surface area contributed by atoms with Crippen molar-refractivity contribution < 1.29 is 4.74 Å². The zero-order valence-electron chi connectivity index (χ0n) is 9.69. The summed E-state index contributed by atoms with van der Waals surface area (Å²) in [5, 5.41) is 0.000000000000000444. The fourth-order valence-electron chi connectivity index (χ4n) is 0.544. The summed E-state index contributed by atoms with van der Waals surface area (Å²) in [4.78, 5) is 0. The van der Waals surface area contributed by atoms with E-state index in [4.69, 9.17) is 4.74 Å². The van der Waals surface area contributed by atoms with Gasteiger partial charge in [-0.1, -0.05) is 0 Å². The van der Waals surface area contributed by atoms with E-state index in [1.165, 1.54) is 0 Å². The first-order valence-corrected chi connectivity index (χ1v) is 5.16. The molecule has 0 atom stereocenters. The zero-order valence-corrected chi connectivity index (χ0v) is 11.3. The number of thiocarbonyl (C=S) groups is 2. The molecule has 7 heteroatoms. The molecule has 0 unspecified atom stereocenters. The zero-order chi connectivity index (χ0) is 13.0. The van der Waals surface area contributed by atoms with Gasteiger partial charge in [-0.3, -0.25) is 0 Å². The Kier molecular flexibility index (Phi) is 17.6. The van der Waals surface area contributed by atoms with E-state index >= 15 is 0 Å². The monoisotopic (exact) mass is 254 g/mol. The van der Waals surface area contributed by atoms with E-state index in [0.29, 0.717) is 12.2 Å². The quantitative estimate of drug-likeness (QED) is 0.520. The molecule has 0 aromatic rings. The predicted octanol–water partition coefficient (Wildman–Crippen LogP) is 0.197. The first-order chi connectivity index (χ1) is 6.59. The van der Waals surface area contributed by atoms with E-state index < -0.39 is 0 Å². The number of hydrogen-bond acceptors (Lipinski definition) is 3. The first-order valence-electron chi connectivity index (χ1n) is 4.34. The lowest BCUT2D eigenvalue weighted by Gasteiger charge is -2.09. The SMILES string of the molecule is CC(C)OC(C)C.NC(N)=S.NC(N)=S. The molecule has 0 amide bonds. The molecule has 15 heavy (non-hydrogen) atoms. The Morgan fingerprint density at radius 2 is 0.933 bits per heavy atom. The Balaban J connectivity index is -0.000000155. The van der Waals surface area contributed by atoms with Crippen LogP contribution in [0.5, 0.6) is 0 Å². The summed E-state index contributed by atoms with van der Waals surface area (Å²) in [5.74, 6) is 0. The van der Waals surface area contributed by atoms with Crippen LogP contribution >= 0.6 is 24.4 Å². The largest absolute Gasteiger partial charge is 0.377 e. The average Bonchev–Trinajstić information content (AvgIpc) is 1.78. The molecule has 0 rings (SSSR count). The van der Waals surface area contributed by atoms with Crippen LogP contribution in [0.2, 0.25) is 0 Å². The number of rotatable bonds is 2. The lowest BCUT2D eigenvalue weighted by Crippen LogP contribution is -2.18. The molecular weight excluding hydrogens is 232 g/mol. The third-order valence-electron chi connectivity index (χ3n) is 0.544. The van der Waals surface area contributed by atoms with Crippen LogP contribution in [0.25, 0.3) is 0 Å². The van der Waals surface area contributed by atoms with Gasteiger partial charge >= 0.3 is 0 Å². The van der Waals surface area contributed by atoms with Gasteiger partial charge in [-0.05, 0) is 52.1 Å². The molecule has 0 saturated heterocycles. The molecule has 5 nitrogen and oxygen atoms in total. The van der Waals surface area contributed by atoms with Gasteiger partial charge in [-0.15, -0.1) is 0 Å². The lowest BCUT2D eigenvalue weighted by atomic mass is 10.4. The van der Waals surface area contributed by atoms with Gasteiger partial charge in [0.15, 0.2) is 10.2 Å². The topological polar surface area (TPSA) is 113 Å². The van der Waals surface area contributed by atoms with Gasteiger partial charge in [0.05, 0.1) is 12.2 Å². The second-order valence-corrected chi connectivity index (χ2v) is 3.98. The van der Waals surface area contributed by atoms with Crippen molar-refractivity contribution in [2.45, 2.75) is 39.9 Å². The van der Waals surface area contributed by atoms with Crippen molar-refractivity contribution in [3.05, 3.63) is 0 Å². The summed E-state index contributed by atoms with van der Waals surface area (Å²) < 4.78 is 5.25. The first kappa shape index (κ1) is 19.8. The van der Waals surface area contributed by atoms with Crippen LogP contribution in [0.4, 0.5) is 0 Å². The Labute approximate surface area is 102 Å². The molecule has 0 aliphatic carbocycles. The molecule has 0 aliphatic rings. The van der Waals surface area contributed by atoms with E-state index in [9.17, 15) is 0 Å². The fourth-order valence-corrected chi connectivity index (χ4v) is 0.544. The van der Waals surface area contributed by atoms with Gasteiger partial charge in [0.1, 0.15) is 0 Å². The summed E-state index contributed by atoms with van der Waals surface area (Å²) in [6.07, 6.45) is 0.750. The molecule has 0 heterocycles. The molecule has 0 aliphatic heterocycles. The van der Waals surface area contributed by atoms with E-state index in [1.807, 2.05) is 27.7 Å². The summed E-state index contributed by atoms with van der Waals surface area (Å²) >= 11 is 8.19. The molecule has 0 saturated carbocycles. The smallest absolute Gasteiger partial charge is 0.160 e. The number of hydrogen-bond donors (Lipinski definition) is 4. The summed E-state index contributed by atoms with van der Waals surface area (Å²) in [7, 11) is 0. The second-order valence-electron chi connectivity index (χ2n) is 3.04. The van der Waals surface area contributed by atoms with Crippen LogP contribution in [0.3, 0.4) is 0 Å². The van der Waals surface area contributed by atoms with Gasteiger partial charge in [-0.25, -0.2) is 0 Å². The molecule has 0 fully saturated rings. The van der Waals surface area contributed by atoms with Crippen molar-refractivity contribution in [3.63, 3.8) is 0 Å². The molecule has 92 valence electrons. The Bertz CT molecular complexity index is 148. The highest BCUT2D eigenvalue weighted by atomic mass is 32.1. The van der Waals surface area contributed by atoms with Crippen molar-refractivity contribution >= 4 is 34.7 Å². The fraction of sp³-hybridized carbons (Fsp3) is 0.750. The van der Waals surface area contributed by atoms with Crippen LogP contribution in [0.1, 0.15) is 27.7 Å². The Morgan fingerprint density at radius 1 is 0.800 bits per heavy atom. The molecule has 0 aromatic carbocycles. The third kappa shape index (κ3) is 154. The van der Waals surface area contributed by atoms with Gasteiger partial charge in [0.2, 0.25) is 0 Å². The highest BCUT2D eigenvalue weighted by Gasteiger charge is 1.94. The van der Waals surface area contributed by atoms with Gasteiger partial charge in [0, 0.05) is 0 Å². The summed E-state index contributed by atoms with van der Waals surface area (Å²) in [5.41, 5.74) is 18.5. The standard InChI is InChI=1S/C6H14O.2CH4N2S/c1-5(2)7-6(3)4;2*2-1(3)4/h5-6H,1-4H3;2*(H4,2,3,4). The van der Waals surface area contributed by atoms with Crippen LogP contribution in [-0.4, -0.2) is 22.4 Å². The molecular formula is C8H22N4OS2. The maximum absolute atomic E-state index is 5.25. The van der Waals surface area contributed by atoms with E-state index in [1.54, 1.807) is 0 Å². The van der Waals surface area contributed by atoms with Crippen LogP contribution in [0.15, 0.2) is 0 Å². The van der Waals surface area contributed by atoms with Crippen molar-refractivity contribution in [1.82, 2.24) is 0 Å². The van der Waals surface area contributed by atoms with E-state index in [-0.39, 0.29) is 10.2 Å². The van der Waals surface area contributed by atoms with Crippen LogP contribution in [0, 0.1) is 0 Å². The highest BCUT2D eigenvalue weighted by molar-refractivity contribution is 7.80. The maximum Gasteiger partial charge on any atom is 0.160 e. The average molecular weight is 254 g/mol. The molecule has 8 N–H and O–H groups in total. The van der Waals surface area contributed by atoms with E-state index in [2.05, 4.69) is 47.4 Å². The van der Waals surface area contributed by atoms with Crippen molar-refractivity contribution in [2.24, 2.45) is 22.9 Å². The second kappa shape index (κ2) is 13.3. The molecule has 0 spiro atoms. The predicted molar refractivity (Wildman–Crippen MR) is 73.3 cm³/mol. The van der Waals surface area contributed by atoms with E-state index in [0.717, 1.165) is 0 Å². The van der Waals surface area contributed by atoms with Crippen molar-refractivity contribution in [1.29, 1.82) is 0 Å². The normalized spacial score (nSPS) is 8.40. The molecule has 0 radical (unpaired) electrons. The Hall–Kier alpha value is -0.660. The number of ether oxygens (including phenoxy) is 1. The van der Waals surface area contributed by atoms with Gasteiger partial charge in [-0.2, -0.15) is 0 Å². The van der Waals surface area contributed by atoms with Crippen LogP contribution < -0.4 is 22.9 Å². The lowest BCUT2D eigenvalue weighted by molar-refractivity contribution is 0.0300. The minimum atomic E-state index is 0.000000000000000222. The van der Waals surface area contributed by atoms with Crippen LogP contribution in [-0.2, 0) is 4.74 Å². The summed E-state index contributed by atoms with van der Waals surface area (Å²) in [6.45, 7) is 8.17. The minimum absolute atomic E-state index is 0.000000000000000222. The van der Waals surface area contributed by atoms with Gasteiger partial charge in [0.25, 0.3) is 0 Å².